The maximum atomic E-state index is 12.8. The van der Waals surface area contributed by atoms with Gasteiger partial charge in [0.2, 0.25) is 5.91 Å². The van der Waals surface area contributed by atoms with Crippen LogP contribution in [0.1, 0.15) is 18.9 Å². The first-order valence-corrected chi connectivity index (χ1v) is 7.27. The fraction of sp³-hybridized carbons (Fsp3) is 0.400. The normalized spacial score (nSPS) is 18.1. The molecule has 1 unspecified atom stereocenters. The van der Waals surface area contributed by atoms with Crippen molar-refractivity contribution in [2.45, 2.75) is 19.8 Å². The summed E-state index contributed by atoms with van der Waals surface area (Å²) in [5.41, 5.74) is 1.05. The van der Waals surface area contributed by atoms with Crippen molar-refractivity contribution in [2.75, 3.05) is 13.7 Å². The van der Waals surface area contributed by atoms with Gasteiger partial charge in [0.05, 0.1) is 13.7 Å². The molecule has 0 saturated carbocycles. The van der Waals surface area contributed by atoms with Gasteiger partial charge in [-0.2, -0.15) is 0 Å². The predicted octanol–water partition coefficient (Wildman–Crippen LogP) is 3.73. The third kappa shape index (κ3) is 4.36. The van der Waals surface area contributed by atoms with E-state index in [0.717, 1.165) is 4.90 Å². The molecule has 0 aliphatic carbocycles. The van der Waals surface area contributed by atoms with Crippen molar-refractivity contribution in [1.82, 2.24) is 4.90 Å². The summed E-state index contributed by atoms with van der Waals surface area (Å²) in [6.45, 7) is 1.09. The number of nitrogens with zero attached hydrogens (tertiary/aromatic N) is 1. The smallest absolute Gasteiger partial charge is 0.256 e. The monoisotopic (exact) mass is 447 g/mol. The molecule has 0 spiro atoms. The number of benzene rings is 1. The zero-order valence-corrected chi connectivity index (χ0v) is 16.7. The van der Waals surface area contributed by atoms with Crippen LogP contribution in [0.4, 0.5) is 8.78 Å². The summed E-state index contributed by atoms with van der Waals surface area (Å²) < 4.78 is 31.3. The van der Waals surface area contributed by atoms with Crippen LogP contribution in [0, 0.1) is 12.0 Å². The summed E-state index contributed by atoms with van der Waals surface area (Å²) in [7, 11) is 1.54. The van der Waals surface area contributed by atoms with E-state index in [-0.39, 0.29) is 44.5 Å². The van der Waals surface area contributed by atoms with Crippen LogP contribution in [0.25, 0.3) is 5.70 Å². The third-order valence-electron chi connectivity index (χ3n) is 3.29. The molecule has 1 radical (unpaired) electrons. The molecule has 1 aromatic rings. The molecule has 0 bridgehead atoms. The quantitative estimate of drug-likeness (QED) is 0.658. The van der Waals surface area contributed by atoms with Gasteiger partial charge in [-0.3, -0.25) is 4.79 Å². The summed E-state index contributed by atoms with van der Waals surface area (Å²) in [5, 5.41) is 0. The number of ether oxygens (including phenoxy) is 1. The summed E-state index contributed by atoms with van der Waals surface area (Å²) in [4.78, 5) is 13.3. The first-order valence-electron chi connectivity index (χ1n) is 6.48. The number of allylic oxidation sites excluding steroid dienone is 1. The summed E-state index contributed by atoms with van der Waals surface area (Å²) in [5.74, 6) is 0.0124. The maximum absolute atomic E-state index is 12.8. The number of rotatable bonds is 4. The van der Waals surface area contributed by atoms with Crippen molar-refractivity contribution in [1.29, 1.82) is 0 Å². The van der Waals surface area contributed by atoms with Gasteiger partial charge in [-0.05, 0) is 12.1 Å². The van der Waals surface area contributed by atoms with E-state index in [1.807, 2.05) is 0 Å². The Morgan fingerprint density at radius 2 is 2.18 bits per heavy atom. The van der Waals surface area contributed by atoms with Gasteiger partial charge < -0.3 is 9.64 Å². The summed E-state index contributed by atoms with van der Waals surface area (Å²) >= 11 is 3.39. The van der Waals surface area contributed by atoms with Gasteiger partial charge in [-0.25, -0.2) is 14.9 Å². The largest absolute Gasteiger partial charge is 0.497 e. The summed E-state index contributed by atoms with van der Waals surface area (Å²) in [6.07, 6.45) is 0.900. The number of alkyl halides is 2. The molecule has 1 aliphatic rings. The number of amides is 1. The molecular weight excluding hydrogens is 433 g/mol. The van der Waals surface area contributed by atoms with E-state index in [2.05, 4.69) is 22.0 Å². The Kier molecular flexibility index (Phi) is 7.62. The Balaban J connectivity index is 0.00000242. The molecule has 117 valence electrons. The van der Waals surface area contributed by atoms with E-state index in [1.165, 1.54) is 0 Å². The molecule has 1 atom stereocenters. The minimum Gasteiger partial charge on any atom is -0.497 e. The van der Waals surface area contributed by atoms with E-state index >= 15 is 0 Å². The average molecular weight is 448 g/mol. The second-order valence-electron chi connectivity index (χ2n) is 4.82. The molecule has 0 aromatic heterocycles. The van der Waals surface area contributed by atoms with Crippen molar-refractivity contribution >= 4 is 27.5 Å². The van der Waals surface area contributed by atoms with Gasteiger partial charge >= 0.3 is 0 Å². The van der Waals surface area contributed by atoms with E-state index in [0.29, 0.717) is 27.9 Å². The number of carbonyl (C=O) groups excluding carboxylic acids is 1. The molecule has 2 rings (SSSR count). The first kappa shape index (κ1) is 19.7. The Morgan fingerprint density at radius 3 is 2.73 bits per heavy atom. The molecule has 3 nitrogen and oxygen atoms in total. The average Bonchev–Trinajstić information content (AvgIpc) is 2.44. The molecule has 0 N–H and O–H groups in total. The Labute approximate surface area is 162 Å². The fourth-order valence-corrected chi connectivity index (χ4v) is 2.73. The molecule has 7 heteroatoms. The van der Waals surface area contributed by atoms with Crippen LogP contribution in [-0.2, 0) is 37.5 Å². The number of methoxy groups -OCH3 is 1. The van der Waals surface area contributed by atoms with Crippen LogP contribution in [0.3, 0.4) is 0 Å². The van der Waals surface area contributed by atoms with Gasteiger partial charge in [-0.15, -0.1) is 17.3 Å². The van der Waals surface area contributed by atoms with Crippen molar-refractivity contribution in [2.24, 2.45) is 5.92 Å². The SMILES string of the molecule is COc1ccc(C2=[C-]CC(C)C(=O)N2CC(F)F)c(Br)c1.[Y]. The minimum atomic E-state index is -2.59. The second-order valence-corrected chi connectivity index (χ2v) is 5.67. The molecule has 22 heavy (non-hydrogen) atoms. The molecule has 1 heterocycles. The molecule has 1 aromatic carbocycles. The topological polar surface area (TPSA) is 29.5 Å². The van der Waals surface area contributed by atoms with E-state index in [4.69, 9.17) is 4.74 Å². The van der Waals surface area contributed by atoms with Gasteiger partial charge in [-0.1, -0.05) is 33.7 Å². The predicted molar refractivity (Wildman–Crippen MR) is 78.8 cm³/mol. The standard InChI is InChI=1S/C15H15BrF2NO2.Y/c1-9-3-6-13(19(15(9)20)8-14(17)18)11-5-4-10(21-2)7-12(11)16;/h4-5,7,9,14H,3,8H2,1-2H3;/q-1;. The molecule has 0 fully saturated rings. The minimum absolute atomic E-state index is 0. The maximum Gasteiger partial charge on any atom is 0.256 e. The van der Waals surface area contributed by atoms with Crippen LogP contribution in [0.5, 0.6) is 5.75 Å². The number of hydrogen-bond donors (Lipinski definition) is 0. The Hall–Kier alpha value is -0.326. The van der Waals surface area contributed by atoms with E-state index in [9.17, 15) is 13.6 Å². The first-order chi connectivity index (χ1) is 9.93. The van der Waals surface area contributed by atoms with Gasteiger partial charge in [0.25, 0.3) is 6.43 Å². The number of hydrogen-bond acceptors (Lipinski definition) is 2. The molecular formula is C15H15BrF2NO2Y-. The summed E-state index contributed by atoms with van der Waals surface area (Å²) in [6, 6.07) is 5.18. The second kappa shape index (κ2) is 8.50. The molecule has 1 aliphatic heterocycles. The van der Waals surface area contributed by atoms with Crippen molar-refractivity contribution in [3.63, 3.8) is 0 Å². The van der Waals surface area contributed by atoms with E-state index in [1.54, 1.807) is 32.2 Å². The van der Waals surface area contributed by atoms with Crippen LogP contribution in [-0.4, -0.2) is 30.9 Å². The Morgan fingerprint density at radius 1 is 1.50 bits per heavy atom. The zero-order chi connectivity index (χ0) is 15.6. The van der Waals surface area contributed by atoms with Crippen LogP contribution >= 0.6 is 15.9 Å². The molecule has 0 saturated heterocycles. The number of halogens is 3. The Bertz CT molecular complexity index is 581. The van der Waals surface area contributed by atoms with Crippen molar-refractivity contribution in [3.8, 4) is 5.75 Å². The van der Waals surface area contributed by atoms with Gasteiger partial charge in [0.15, 0.2) is 0 Å². The number of carbonyl (C=O) groups is 1. The molecule has 1 amide bonds. The van der Waals surface area contributed by atoms with Gasteiger partial charge in [0.1, 0.15) is 5.75 Å². The van der Waals surface area contributed by atoms with Crippen LogP contribution in [0.15, 0.2) is 22.7 Å². The van der Waals surface area contributed by atoms with Crippen LogP contribution in [0.2, 0.25) is 0 Å². The third-order valence-corrected chi connectivity index (χ3v) is 3.94. The van der Waals surface area contributed by atoms with Crippen molar-refractivity contribution < 1.29 is 51.0 Å². The van der Waals surface area contributed by atoms with Gasteiger partial charge in [0, 0.05) is 38.6 Å². The zero-order valence-electron chi connectivity index (χ0n) is 12.3. The van der Waals surface area contributed by atoms with E-state index < -0.39 is 13.0 Å². The van der Waals surface area contributed by atoms with Crippen LogP contribution < -0.4 is 4.74 Å². The van der Waals surface area contributed by atoms with Crippen molar-refractivity contribution in [3.05, 3.63) is 34.3 Å². The fourth-order valence-electron chi connectivity index (χ4n) is 2.18.